The zero-order valence-corrected chi connectivity index (χ0v) is 22.5. The maximum atomic E-state index is 13.6. The largest absolute Gasteiger partial charge is 0.416 e. The van der Waals surface area contributed by atoms with Gasteiger partial charge in [0.25, 0.3) is 5.91 Å². The Labute approximate surface area is 224 Å². The van der Waals surface area contributed by atoms with Crippen LogP contribution in [-0.4, -0.2) is 62.8 Å². The minimum Gasteiger partial charge on any atom is -0.322 e. The summed E-state index contributed by atoms with van der Waals surface area (Å²) in [6.45, 7) is 5.39. The van der Waals surface area contributed by atoms with Crippen molar-refractivity contribution in [3.63, 3.8) is 0 Å². The fourth-order valence-corrected chi connectivity index (χ4v) is 4.02. The molecule has 2 aromatic carbocycles. The summed E-state index contributed by atoms with van der Waals surface area (Å²) in [5, 5.41) is 18.5. The zero-order chi connectivity index (χ0) is 28.3. The molecule has 0 radical (unpaired) electrons. The minimum atomic E-state index is -4.55. The molecule has 0 aliphatic rings. The number of hydrogen-bond donors (Lipinski definition) is 2. The Kier molecular flexibility index (Phi) is 8.17. The Morgan fingerprint density at radius 2 is 1.87 bits per heavy atom. The Morgan fingerprint density at radius 3 is 2.54 bits per heavy atom. The number of aryl methyl sites for hydroxylation is 2. The molecular weight excluding hydrogens is 509 g/mol. The van der Waals surface area contributed by atoms with Crippen LogP contribution in [0.2, 0.25) is 0 Å². The van der Waals surface area contributed by atoms with Crippen LogP contribution in [0.25, 0.3) is 16.9 Å². The van der Waals surface area contributed by atoms with E-state index in [1.54, 1.807) is 46.0 Å². The molecule has 2 heterocycles. The maximum Gasteiger partial charge on any atom is 0.416 e. The van der Waals surface area contributed by atoms with Crippen molar-refractivity contribution in [2.75, 3.05) is 32.5 Å². The highest BCUT2D eigenvalue weighted by molar-refractivity contribution is 6.04. The van der Waals surface area contributed by atoms with Crippen LogP contribution in [-0.2, 0) is 19.8 Å². The van der Waals surface area contributed by atoms with E-state index in [2.05, 4.69) is 26.0 Å². The molecule has 0 aliphatic carbocycles. The fraction of sp³-hybridized carbons (Fsp3) is 0.333. The molecule has 0 saturated carbocycles. The van der Waals surface area contributed by atoms with E-state index in [9.17, 15) is 18.0 Å². The molecule has 4 aromatic rings. The molecule has 1 amide bonds. The monoisotopic (exact) mass is 540 g/mol. The van der Waals surface area contributed by atoms with Gasteiger partial charge in [0.15, 0.2) is 0 Å². The zero-order valence-electron chi connectivity index (χ0n) is 22.5. The number of amides is 1. The highest BCUT2D eigenvalue weighted by Crippen LogP contribution is 2.32. The van der Waals surface area contributed by atoms with Crippen molar-refractivity contribution >= 4 is 11.6 Å². The third-order valence-electron chi connectivity index (χ3n) is 6.37. The lowest BCUT2D eigenvalue weighted by Gasteiger charge is -2.15. The summed E-state index contributed by atoms with van der Waals surface area (Å²) in [6, 6.07) is 8.59. The topological polar surface area (TPSA) is 92.9 Å². The molecular formula is C27H31F3N8O. The van der Waals surface area contributed by atoms with Crippen molar-refractivity contribution in [1.29, 1.82) is 0 Å². The van der Waals surface area contributed by atoms with Crippen molar-refractivity contribution in [1.82, 2.24) is 35.0 Å². The number of hydrogen-bond acceptors (Lipinski definition) is 6. The van der Waals surface area contributed by atoms with E-state index in [0.29, 0.717) is 23.5 Å². The normalized spacial score (nSPS) is 11.8. The summed E-state index contributed by atoms with van der Waals surface area (Å²) < 4.78 is 44.0. The molecule has 9 nitrogen and oxygen atoms in total. The number of carbonyl (C=O) groups is 1. The summed E-state index contributed by atoms with van der Waals surface area (Å²) in [5.41, 5.74) is 3.80. The summed E-state index contributed by atoms with van der Waals surface area (Å²) >= 11 is 0. The number of alkyl halides is 3. The average molecular weight is 541 g/mol. The first-order valence-electron chi connectivity index (χ1n) is 12.3. The third kappa shape index (κ3) is 6.70. The lowest BCUT2D eigenvalue weighted by molar-refractivity contribution is -0.137. The third-order valence-corrected chi connectivity index (χ3v) is 6.37. The summed E-state index contributed by atoms with van der Waals surface area (Å²) in [7, 11) is 5.67. The Hall–Kier alpha value is -4.03. The smallest absolute Gasteiger partial charge is 0.322 e. The first-order valence-corrected chi connectivity index (χ1v) is 12.3. The molecule has 0 aliphatic heterocycles. The van der Waals surface area contributed by atoms with Gasteiger partial charge in [-0.05, 0) is 69.4 Å². The van der Waals surface area contributed by atoms with Gasteiger partial charge in [0.1, 0.15) is 5.69 Å². The second-order valence-corrected chi connectivity index (χ2v) is 9.67. The van der Waals surface area contributed by atoms with Crippen LogP contribution < -0.4 is 10.6 Å². The number of likely N-dealkylation sites (N-methyl/N-ethyl adjacent to an activating group) is 1. The van der Waals surface area contributed by atoms with Crippen molar-refractivity contribution in [2.24, 2.45) is 7.05 Å². The molecule has 0 saturated heterocycles. The molecule has 0 spiro atoms. The summed E-state index contributed by atoms with van der Waals surface area (Å²) in [5.74, 6) is -0.537. The van der Waals surface area contributed by atoms with Crippen LogP contribution >= 0.6 is 0 Å². The van der Waals surface area contributed by atoms with E-state index in [1.165, 1.54) is 0 Å². The van der Waals surface area contributed by atoms with Crippen molar-refractivity contribution < 1.29 is 18.0 Å². The van der Waals surface area contributed by atoms with Gasteiger partial charge < -0.3 is 15.5 Å². The number of carbonyl (C=O) groups excluding carboxylic acids is 1. The standard InChI is InChI=1S/C27H31F3N8O/c1-17-6-7-20(12-25(17)38-16-24(34-35-38)23-15-32-37(5)18(23)2)26(39)33-22-11-19(14-31-8-9-36(3)4)10-21(13-22)27(28,29)30/h6-7,10-13,15-16,31H,8-9,14H2,1-5H3,(H,33,39). The van der Waals surface area contributed by atoms with Crippen LogP contribution in [0.1, 0.15) is 32.7 Å². The number of halogens is 3. The number of anilines is 1. The maximum absolute atomic E-state index is 13.6. The van der Waals surface area contributed by atoms with E-state index in [-0.39, 0.29) is 17.8 Å². The van der Waals surface area contributed by atoms with E-state index < -0.39 is 17.6 Å². The van der Waals surface area contributed by atoms with Crippen LogP contribution in [0.3, 0.4) is 0 Å². The second kappa shape index (κ2) is 11.4. The first kappa shape index (κ1) is 28.0. The molecule has 12 heteroatoms. The summed E-state index contributed by atoms with van der Waals surface area (Å²) in [6.07, 6.45) is -1.09. The van der Waals surface area contributed by atoms with Crippen LogP contribution in [0.4, 0.5) is 18.9 Å². The molecule has 0 bridgehead atoms. The predicted molar refractivity (Wildman–Crippen MR) is 143 cm³/mol. The molecule has 39 heavy (non-hydrogen) atoms. The molecule has 206 valence electrons. The van der Waals surface area contributed by atoms with Gasteiger partial charge >= 0.3 is 6.18 Å². The van der Waals surface area contributed by atoms with E-state index in [1.807, 2.05) is 39.9 Å². The van der Waals surface area contributed by atoms with Crippen LogP contribution in [0.15, 0.2) is 48.8 Å². The van der Waals surface area contributed by atoms with Gasteiger partial charge in [0.05, 0.1) is 23.6 Å². The lowest BCUT2D eigenvalue weighted by Crippen LogP contribution is -2.26. The summed E-state index contributed by atoms with van der Waals surface area (Å²) in [4.78, 5) is 15.1. The second-order valence-electron chi connectivity index (χ2n) is 9.67. The SMILES string of the molecule is Cc1ccc(C(=O)Nc2cc(CNCCN(C)C)cc(C(F)(F)F)c2)cc1-n1cc(-c2cnn(C)c2C)nn1. The van der Waals surface area contributed by atoms with Gasteiger partial charge in [0, 0.05) is 49.2 Å². The number of nitrogens with zero attached hydrogens (tertiary/aromatic N) is 6. The van der Waals surface area contributed by atoms with Gasteiger partial charge in [0.2, 0.25) is 0 Å². The van der Waals surface area contributed by atoms with Crippen LogP contribution in [0, 0.1) is 13.8 Å². The quantitative estimate of drug-likeness (QED) is 0.309. The predicted octanol–water partition coefficient (Wildman–Crippen LogP) is 4.21. The number of rotatable bonds is 9. The molecule has 0 atom stereocenters. The van der Waals surface area contributed by atoms with E-state index in [0.717, 1.165) is 35.5 Å². The van der Waals surface area contributed by atoms with E-state index >= 15 is 0 Å². The van der Waals surface area contributed by atoms with Gasteiger partial charge in [-0.2, -0.15) is 18.3 Å². The highest BCUT2D eigenvalue weighted by Gasteiger charge is 2.31. The lowest BCUT2D eigenvalue weighted by atomic mass is 10.1. The molecule has 2 N–H and O–H groups in total. The Balaban J connectivity index is 1.56. The number of benzene rings is 2. The molecule has 0 unspecified atom stereocenters. The van der Waals surface area contributed by atoms with Gasteiger partial charge in [-0.15, -0.1) is 5.10 Å². The number of nitrogens with one attached hydrogen (secondary N) is 2. The van der Waals surface area contributed by atoms with Crippen molar-refractivity contribution in [3.05, 3.63) is 76.7 Å². The van der Waals surface area contributed by atoms with Gasteiger partial charge in [-0.1, -0.05) is 11.3 Å². The van der Waals surface area contributed by atoms with Gasteiger partial charge in [-0.25, -0.2) is 4.68 Å². The van der Waals surface area contributed by atoms with Crippen molar-refractivity contribution in [3.8, 4) is 16.9 Å². The number of aromatic nitrogens is 5. The molecule has 4 rings (SSSR count). The average Bonchev–Trinajstić information content (AvgIpc) is 3.48. The van der Waals surface area contributed by atoms with E-state index in [4.69, 9.17) is 0 Å². The molecule has 2 aromatic heterocycles. The fourth-order valence-electron chi connectivity index (χ4n) is 4.02. The van der Waals surface area contributed by atoms with Gasteiger partial charge in [-0.3, -0.25) is 9.48 Å². The Morgan fingerprint density at radius 1 is 1.10 bits per heavy atom. The van der Waals surface area contributed by atoms with Crippen molar-refractivity contribution in [2.45, 2.75) is 26.6 Å². The van der Waals surface area contributed by atoms with Crippen LogP contribution in [0.5, 0.6) is 0 Å². The highest BCUT2D eigenvalue weighted by atomic mass is 19.4. The Bertz CT molecular complexity index is 1470. The minimum absolute atomic E-state index is 0.0662. The first-order chi connectivity index (χ1) is 18.4. The molecule has 0 fully saturated rings.